The molecule has 0 fully saturated rings. The van der Waals surface area contributed by atoms with Gasteiger partial charge in [0, 0.05) is 24.6 Å². The number of anilines is 1. The van der Waals surface area contributed by atoms with E-state index in [-0.39, 0.29) is 0 Å². The number of nitrogens with zero attached hydrogens (tertiary/aromatic N) is 3. The molecule has 16 heavy (non-hydrogen) atoms. The smallest absolute Gasteiger partial charge is 0.180 e. The van der Waals surface area contributed by atoms with Crippen LogP contribution in [0.4, 0.5) is 5.82 Å². The minimum absolute atomic E-state index is 0.671. The van der Waals surface area contributed by atoms with Gasteiger partial charge in [0.15, 0.2) is 11.5 Å². The van der Waals surface area contributed by atoms with Gasteiger partial charge in [-0.25, -0.2) is 9.97 Å². The van der Waals surface area contributed by atoms with Crippen LogP contribution in [-0.4, -0.2) is 27.5 Å². The summed E-state index contributed by atoms with van der Waals surface area (Å²) in [5, 5.41) is 3.24. The van der Waals surface area contributed by atoms with E-state index in [2.05, 4.69) is 31.2 Å². The van der Waals surface area contributed by atoms with Crippen molar-refractivity contribution in [3.8, 4) is 0 Å². The van der Waals surface area contributed by atoms with Crippen molar-refractivity contribution in [3.63, 3.8) is 0 Å². The Balaban J connectivity index is 2.35. The molecule has 3 N–H and O–H groups in total. The van der Waals surface area contributed by atoms with E-state index in [1.807, 2.05) is 23.7 Å². The third-order valence-electron chi connectivity index (χ3n) is 2.32. The number of aromatic nitrogens is 3. The minimum atomic E-state index is 0.671. The lowest BCUT2D eigenvalue weighted by Gasteiger charge is -2.07. The molecule has 0 aliphatic carbocycles. The Morgan fingerprint density at radius 2 is 2.38 bits per heavy atom. The van der Waals surface area contributed by atoms with Crippen LogP contribution in [0.25, 0.3) is 5.65 Å². The predicted molar refractivity (Wildman–Crippen MR) is 67.6 cm³/mol. The van der Waals surface area contributed by atoms with Gasteiger partial charge in [-0.2, -0.15) is 0 Å². The van der Waals surface area contributed by atoms with Gasteiger partial charge in [0.05, 0.1) is 0 Å². The first-order valence-corrected chi connectivity index (χ1v) is 5.96. The summed E-state index contributed by atoms with van der Waals surface area (Å²) in [4.78, 5) is 8.69. The monoisotopic (exact) mass is 283 g/mol. The molecule has 2 aromatic heterocycles. The first-order chi connectivity index (χ1) is 7.72. The summed E-state index contributed by atoms with van der Waals surface area (Å²) in [5.74, 6) is 0.788. The fourth-order valence-corrected chi connectivity index (χ4v) is 1.89. The van der Waals surface area contributed by atoms with Crippen LogP contribution in [-0.2, 0) is 0 Å². The molecule has 2 heterocycles. The van der Waals surface area contributed by atoms with Gasteiger partial charge in [-0.05, 0) is 35.8 Å². The van der Waals surface area contributed by atoms with Crippen LogP contribution in [0.15, 0.2) is 17.0 Å². The third-order valence-corrected chi connectivity index (χ3v) is 2.70. The average molecular weight is 284 g/mol. The van der Waals surface area contributed by atoms with Crippen LogP contribution in [0.3, 0.4) is 0 Å². The van der Waals surface area contributed by atoms with E-state index in [1.54, 1.807) is 0 Å². The van der Waals surface area contributed by atoms with Gasteiger partial charge in [0.25, 0.3) is 0 Å². The second-order valence-corrected chi connectivity index (χ2v) is 4.39. The van der Waals surface area contributed by atoms with Crippen LogP contribution < -0.4 is 11.1 Å². The van der Waals surface area contributed by atoms with Crippen molar-refractivity contribution in [2.45, 2.75) is 13.3 Å². The summed E-state index contributed by atoms with van der Waals surface area (Å²) in [6.07, 6.45) is 4.66. The maximum absolute atomic E-state index is 5.45. The van der Waals surface area contributed by atoms with Crippen LogP contribution >= 0.6 is 15.9 Å². The Bertz CT molecular complexity index is 493. The zero-order valence-electron chi connectivity index (χ0n) is 9.07. The van der Waals surface area contributed by atoms with Crippen molar-refractivity contribution in [2.75, 3.05) is 18.4 Å². The normalized spacial score (nSPS) is 10.9. The SMILES string of the molecule is Cc1cnc2c(NCCCN)nc(Br)cn12. The summed E-state index contributed by atoms with van der Waals surface area (Å²) in [6.45, 7) is 3.49. The second kappa shape index (κ2) is 4.80. The number of fused-ring (bicyclic) bond motifs is 1. The molecule has 0 aliphatic rings. The number of hydrogen-bond acceptors (Lipinski definition) is 4. The van der Waals surface area contributed by atoms with E-state index in [0.29, 0.717) is 6.54 Å². The van der Waals surface area contributed by atoms with E-state index in [1.165, 1.54) is 0 Å². The highest BCUT2D eigenvalue weighted by Crippen LogP contribution is 2.18. The molecule has 0 unspecified atom stereocenters. The average Bonchev–Trinajstić information content (AvgIpc) is 2.61. The van der Waals surface area contributed by atoms with Crippen molar-refractivity contribution < 1.29 is 0 Å². The van der Waals surface area contributed by atoms with Gasteiger partial charge in [-0.1, -0.05) is 0 Å². The van der Waals surface area contributed by atoms with E-state index < -0.39 is 0 Å². The Labute approximate surface area is 102 Å². The Kier molecular flexibility index (Phi) is 3.40. The van der Waals surface area contributed by atoms with Crippen molar-refractivity contribution in [1.29, 1.82) is 0 Å². The molecule has 6 heteroatoms. The molecule has 0 aliphatic heterocycles. The number of hydrogen-bond donors (Lipinski definition) is 2. The van der Waals surface area contributed by atoms with Gasteiger partial charge >= 0.3 is 0 Å². The Morgan fingerprint density at radius 1 is 1.56 bits per heavy atom. The lowest BCUT2D eigenvalue weighted by atomic mass is 10.4. The summed E-state index contributed by atoms with van der Waals surface area (Å²) in [6, 6.07) is 0. The van der Waals surface area contributed by atoms with Crippen molar-refractivity contribution in [1.82, 2.24) is 14.4 Å². The number of aryl methyl sites for hydroxylation is 1. The summed E-state index contributed by atoms with van der Waals surface area (Å²) < 4.78 is 2.79. The highest BCUT2D eigenvalue weighted by atomic mass is 79.9. The molecule has 2 rings (SSSR count). The molecule has 0 radical (unpaired) electrons. The van der Waals surface area contributed by atoms with Crippen LogP contribution in [0, 0.1) is 6.92 Å². The number of nitrogens with one attached hydrogen (secondary N) is 1. The molecule has 0 saturated heterocycles. The molecule has 0 atom stereocenters. The maximum Gasteiger partial charge on any atom is 0.180 e. The highest BCUT2D eigenvalue weighted by Gasteiger charge is 2.07. The largest absolute Gasteiger partial charge is 0.367 e. The lowest BCUT2D eigenvalue weighted by Crippen LogP contribution is -2.10. The molecule has 0 amide bonds. The molecule has 5 nitrogen and oxygen atoms in total. The standard InChI is InChI=1S/C10H14BrN5/c1-7-5-14-10-9(13-4-2-3-12)15-8(11)6-16(7)10/h5-6H,2-4,12H2,1H3,(H,13,15). The number of nitrogens with two attached hydrogens (primary N) is 1. The van der Waals surface area contributed by atoms with E-state index in [4.69, 9.17) is 5.73 Å². The fraction of sp³-hybridized carbons (Fsp3) is 0.400. The molecule has 86 valence electrons. The van der Waals surface area contributed by atoms with Crippen LogP contribution in [0.1, 0.15) is 12.1 Å². The Hall–Kier alpha value is -1.14. The van der Waals surface area contributed by atoms with Crippen LogP contribution in [0.5, 0.6) is 0 Å². The van der Waals surface area contributed by atoms with Crippen molar-refractivity contribution in [2.24, 2.45) is 5.73 Å². The fourth-order valence-electron chi connectivity index (χ4n) is 1.50. The summed E-state index contributed by atoms with van der Waals surface area (Å²) >= 11 is 3.39. The van der Waals surface area contributed by atoms with Gasteiger partial charge in [-0.15, -0.1) is 0 Å². The number of imidazole rings is 1. The Morgan fingerprint density at radius 3 is 3.12 bits per heavy atom. The van der Waals surface area contributed by atoms with Crippen LogP contribution in [0.2, 0.25) is 0 Å². The molecular weight excluding hydrogens is 270 g/mol. The maximum atomic E-state index is 5.45. The third kappa shape index (κ3) is 2.17. The topological polar surface area (TPSA) is 68.2 Å². The molecular formula is C10H14BrN5. The lowest BCUT2D eigenvalue weighted by molar-refractivity contribution is 0.868. The molecule has 0 saturated carbocycles. The van der Waals surface area contributed by atoms with E-state index in [9.17, 15) is 0 Å². The summed E-state index contributed by atoms with van der Waals surface area (Å²) in [5.41, 5.74) is 7.38. The summed E-state index contributed by atoms with van der Waals surface area (Å²) in [7, 11) is 0. The number of halogens is 1. The quantitative estimate of drug-likeness (QED) is 0.836. The van der Waals surface area contributed by atoms with E-state index >= 15 is 0 Å². The van der Waals surface area contributed by atoms with Gasteiger partial charge in [0.2, 0.25) is 0 Å². The van der Waals surface area contributed by atoms with Crippen molar-refractivity contribution >= 4 is 27.4 Å². The molecule has 2 aromatic rings. The molecule has 0 bridgehead atoms. The van der Waals surface area contributed by atoms with E-state index in [0.717, 1.165) is 34.7 Å². The minimum Gasteiger partial charge on any atom is -0.367 e. The van der Waals surface area contributed by atoms with Gasteiger partial charge in [0.1, 0.15) is 4.60 Å². The first kappa shape index (κ1) is 11.3. The first-order valence-electron chi connectivity index (χ1n) is 5.16. The molecule has 0 spiro atoms. The predicted octanol–water partition coefficient (Wildman–Crippen LogP) is 1.56. The van der Waals surface area contributed by atoms with Gasteiger partial charge < -0.3 is 11.1 Å². The zero-order valence-corrected chi connectivity index (χ0v) is 10.7. The van der Waals surface area contributed by atoms with Gasteiger partial charge in [-0.3, -0.25) is 4.40 Å². The zero-order chi connectivity index (χ0) is 11.5. The number of rotatable bonds is 4. The second-order valence-electron chi connectivity index (χ2n) is 3.57. The van der Waals surface area contributed by atoms with Crippen molar-refractivity contribution in [3.05, 3.63) is 22.7 Å². The molecule has 0 aromatic carbocycles. The highest BCUT2D eigenvalue weighted by molar-refractivity contribution is 9.10.